The smallest absolute Gasteiger partial charge is 0.408 e. The number of nitrogens with one attached hydrogen (secondary N) is 3. The molecule has 0 aliphatic rings. The molecule has 0 spiro atoms. The Labute approximate surface area is 209 Å². The maximum absolute atomic E-state index is 12.8. The first kappa shape index (κ1) is 24.0. The summed E-state index contributed by atoms with van der Waals surface area (Å²) in [4.78, 5) is 31.9. The molecule has 0 unspecified atom stereocenters. The molecule has 0 saturated carbocycles. The van der Waals surface area contributed by atoms with Gasteiger partial charge in [-0.05, 0) is 29.8 Å². The van der Waals surface area contributed by atoms with E-state index in [1.54, 1.807) is 12.3 Å². The molecule has 10 heteroatoms. The van der Waals surface area contributed by atoms with Gasteiger partial charge in [-0.25, -0.2) is 15.2 Å². The van der Waals surface area contributed by atoms with Crippen LogP contribution < -0.4 is 10.7 Å². The number of benzene rings is 2. The minimum atomic E-state index is -0.939. The van der Waals surface area contributed by atoms with Gasteiger partial charge < -0.3 is 19.5 Å². The van der Waals surface area contributed by atoms with Crippen molar-refractivity contribution >= 4 is 34.1 Å². The van der Waals surface area contributed by atoms with Crippen LogP contribution in [0, 0.1) is 0 Å². The number of imidazole rings is 1. The van der Waals surface area contributed by atoms with Crippen molar-refractivity contribution in [3.63, 3.8) is 0 Å². The SMILES string of the molecule is O=C(N[C@H](Cc1cnc[nH]1)C(=O)N/N=C\c1ccc(-c2ccc(Br)cc2)o1)OCc1ccccc1. The number of hydrazone groups is 1. The molecule has 3 N–H and O–H groups in total. The van der Waals surface area contributed by atoms with Gasteiger partial charge >= 0.3 is 6.09 Å². The van der Waals surface area contributed by atoms with Crippen LogP contribution >= 0.6 is 15.9 Å². The van der Waals surface area contributed by atoms with Crippen molar-refractivity contribution in [1.29, 1.82) is 0 Å². The summed E-state index contributed by atoms with van der Waals surface area (Å²) in [5.41, 5.74) is 4.86. The molecule has 35 heavy (non-hydrogen) atoms. The molecule has 0 fully saturated rings. The number of nitrogens with zero attached hydrogens (tertiary/aromatic N) is 2. The quantitative estimate of drug-likeness (QED) is 0.216. The highest BCUT2D eigenvalue weighted by Gasteiger charge is 2.22. The summed E-state index contributed by atoms with van der Waals surface area (Å²) >= 11 is 3.40. The third-order valence-electron chi connectivity index (χ3n) is 4.92. The third kappa shape index (κ3) is 7.15. The van der Waals surface area contributed by atoms with Crippen molar-refractivity contribution in [2.75, 3.05) is 0 Å². The molecular weight excluding hydrogens is 514 g/mol. The van der Waals surface area contributed by atoms with Gasteiger partial charge in [-0.3, -0.25) is 4.79 Å². The van der Waals surface area contributed by atoms with Crippen LogP contribution in [0.1, 0.15) is 17.0 Å². The van der Waals surface area contributed by atoms with Crippen molar-refractivity contribution in [2.24, 2.45) is 5.10 Å². The Balaban J connectivity index is 1.35. The lowest BCUT2D eigenvalue weighted by atomic mass is 10.1. The van der Waals surface area contributed by atoms with E-state index in [1.807, 2.05) is 60.7 Å². The number of hydrogen-bond acceptors (Lipinski definition) is 6. The summed E-state index contributed by atoms with van der Waals surface area (Å²) in [6, 6.07) is 19.6. The molecule has 2 heterocycles. The van der Waals surface area contributed by atoms with Gasteiger partial charge in [0, 0.05) is 28.3 Å². The van der Waals surface area contributed by atoms with Crippen LogP contribution in [0.15, 0.2) is 93.2 Å². The van der Waals surface area contributed by atoms with Crippen molar-refractivity contribution in [3.05, 3.63) is 101 Å². The van der Waals surface area contributed by atoms with Gasteiger partial charge in [0.15, 0.2) is 0 Å². The van der Waals surface area contributed by atoms with Crippen molar-refractivity contribution in [1.82, 2.24) is 20.7 Å². The third-order valence-corrected chi connectivity index (χ3v) is 5.45. The lowest BCUT2D eigenvalue weighted by Crippen LogP contribution is -2.47. The van der Waals surface area contributed by atoms with E-state index in [-0.39, 0.29) is 13.0 Å². The maximum atomic E-state index is 12.8. The van der Waals surface area contributed by atoms with E-state index in [9.17, 15) is 9.59 Å². The topological polar surface area (TPSA) is 122 Å². The van der Waals surface area contributed by atoms with Crippen molar-refractivity contribution in [2.45, 2.75) is 19.1 Å². The molecule has 0 radical (unpaired) electrons. The molecule has 0 saturated heterocycles. The van der Waals surface area contributed by atoms with E-state index >= 15 is 0 Å². The van der Waals surface area contributed by atoms with E-state index in [1.165, 1.54) is 12.5 Å². The predicted octanol–water partition coefficient (Wildman–Crippen LogP) is 4.42. The fourth-order valence-electron chi connectivity index (χ4n) is 3.16. The summed E-state index contributed by atoms with van der Waals surface area (Å²) in [6.07, 6.45) is 3.92. The Morgan fingerprint density at radius 1 is 1.11 bits per heavy atom. The first-order valence-electron chi connectivity index (χ1n) is 10.7. The van der Waals surface area contributed by atoms with Crippen LogP contribution in [-0.2, 0) is 22.6 Å². The molecule has 4 rings (SSSR count). The fraction of sp³-hybridized carbons (Fsp3) is 0.120. The molecule has 2 aromatic heterocycles. The second kappa shape index (κ2) is 11.8. The van der Waals surface area contributed by atoms with Gasteiger partial charge in [-0.2, -0.15) is 5.10 Å². The Morgan fingerprint density at radius 3 is 2.66 bits per heavy atom. The first-order valence-corrected chi connectivity index (χ1v) is 11.5. The summed E-state index contributed by atoms with van der Waals surface area (Å²) < 4.78 is 12.0. The number of halogens is 1. The second-order valence-electron chi connectivity index (χ2n) is 7.48. The van der Waals surface area contributed by atoms with Crippen LogP contribution in [0.3, 0.4) is 0 Å². The Morgan fingerprint density at radius 2 is 1.91 bits per heavy atom. The highest BCUT2D eigenvalue weighted by atomic mass is 79.9. The summed E-state index contributed by atoms with van der Waals surface area (Å²) in [5, 5.41) is 6.55. The zero-order chi connectivity index (χ0) is 24.5. The first-order chi connectivity index (χ1) is 17.1. The van der Waals surface area contributed by atoms with Crippen LogP contribution in [0.5, 0.6) is 0 Å². The van der Waals surface area contributed by atoms with Crippen LogP contribution in [0.25, 0.3) is 11.3 Å². The van der Waals surface area contributed by atoms with Gasteiger partial charge in [-0.1, -0.05) is 58.4 Å². The number of aromatic amines is 1. The van der Waals surface area contributed by atoms with Crippen molar-refractivity contribution < 1.29 is 18.7 Å². The molecule has 2 aromatic carbocycles. The molecule has 0 aliphatic heterocycles. The van der Waals surface area contributed by atoms with Gasteiger partial charge in [0.05, 0.1) is 12.5 Å². The maximum Gasteiger partial charge on any atom is 0.408 e. The zero-order valence-corrected chi connectivity index (χ0v) is 20.1. The minimum Gasteiger partial charge on any atom is -0.455 e. The van der Waals surface area contributed by atoms with E-state index in [0.29, 0.717) is 17.2 Å². The van der Waals surface area contributed by atoms with E-state index in [0.717, 1.165) is 15.6 Å². The van der Waals surface area contributed by atoms with Gasteiger partial charge in [0.2, 0.25) is 0 Å². The number of furan rings is 1. The van der Waals surface area contributed by atoms with E-state index < -0.39 is 18.0 Å². The number of H-pyrrole nitrogens is 1. The molecule has 0 bridgehead atoms. The molecule has 1 atom stereocenters. The van der Waals surface area contributed by atoms with E-state index in [4.69, 9.17) is 9.15 Å². The number of ether oxygens (including phenoxy) is 1. The number of carbonyl (C=O) groups excluding carboxylic acids is 2. The molecule has 0 aliphatic carbocycles. The number of hydrogen-bond donors (Lipinski definition) is 3. The Hall–Kier alpha value is -4.18. The largest absolute Gasteiger partial charge is 0.455 e. The molecule has 9 nitrogen and oxygen atoms in total. The normalized spacial score (nSPS) is 11.8. The number of aromatic nitrogens is 2. The minimum absolute atomic E-state index is 0.0857. The van der Waals surface area contributed by atoms with E-state index in [2.05, 4.69) is 41.7 Å². The standard InChI is InChI=1S/C25H22BrN5O4/c26-19-8-6-18(7-9-19)23-11-10-21(35-23)14-29-31-24(32)22(12-20-13-27-16-28-20)30-25(33)34-15-17-4-2-1-3-5-17/h1-11,13-14,16,22H,12,15H2,(H,27,28)(H,30,33)(H,31,32)/b29-14-/t22-/m1/s1. The number of carbonyl (C=O) groups is 2. The average molecular weight is 536 g/mol. The second-order valence-corrected chi connectivity index (χ2v) is 8.40. The molecular formula is C25H22BrN5O4. The Kier molecular flexibility index (Phi) is 8.08. The summed E-state index contributed by atoms with van der Waals surface area (Å²) in [6.45, 7) is 0.0857. The fourth-order valence-corrected chi connectivity index (χ4v) is 3.43. The van der Waals surface area contributed by atoms with Gasteiger partial charge in [0.1, 0.15) is 24.2 Å². The number of alkyl carbamates (subject to hydrolysis) is 1. The predicted molar refractivity (Wildman–Crippen MR) is 133 cm³/mol. The monoisotopic (exact) mass is 535 g/mol. The Bertz CT molecular complexity index is 1270. The number of rotatable bonds is 9. The molecule has 178 valence electrons. The van der Waals surface area contributed by atoms with Crippen LogP contribution in [-0.4, -0.2) is 34.2 Å². The summed E-state index contributed by atoms with van der Waals surface area (Å²) in [7, 11) is 0. The molecule has 2 amide bonds. The van der Waals surface area contributed by atoms with Crippen LogP contribution in [0.2, 0.25) is 0 Å². The van der Waals surface area contributed by atoms with Gasteiger partial charge in [-0.15, -0.1) is 0 Å². The highest BCUT2D eigenvalue weighted by molar-refractivity contribution is 9.10. The zero-order valence-electron chi connectivity index (χ0n) is 18.5. The lowest BCUT2D eigenvalue weighted by molar-refractivity contribution is -0.123. The summed E-state index contributed by atoms with van der Waals surface area (Å²) in [5.74, 6) is 0.612. The average Bonchev–Trinajstić information content (AvgIpc) is 3.56. The highest BCUT2D eigenvalue weighted by Crippen LogP contribution is 2.23. The van der Waals surface area contributed by atoms with Crippen molar-refractivity contribution in [3.8, 4) is 11.3 Å². The van der Waals surface area contributed by atoms with Crippen LogP contribution in [0.4, 0.5) is 4.79 Å². The molecule has 4 aromatic rings. The lowest BCUT2D eigenvalue weighted by Gasteiger charge is -2.16. The van der Waals surface area contributed by atoms with Gasteiger partial charge in [0.25, 0.3) is 5.91 Å². The number of amides is 2.